The number of carboxylic acids is 1. The molecule has 3 N–H and O–H groups in total. The van der Waals surface area contributed by atoms with Crippen molar-refractivity contribution in [3.8, 4) is 0 Å². The first-order chi connectivity index (χ1) is 15.5. The number of amides is 3. The molecule has 0 spiro atoms. The Hall–Kier alpha value is -2.72. The summed E-state index contributed by atoms with van der Waals surface area (Å²) in [5.41, 5.74) is 0.0661. The number of aromatic nitrogens is 1. The predicted molar refractivity (Wildman–Crippen MR) is 120 cm³/mol. The Morgan fingerprint density at radius 2 is 1.97 bits per heavy atom. The van der Waals surface area contributed by atoms with Crippen LogP contribution in [0.3, 0.4) is 0 Å². The standard InChI is InChI=1S/C21H26Cl2N4O6/c1-11(2)8-14(26-19(31)13-5-6-24-18(23)17(13)22)21(33)27-7-3-4-15(27)20(32)25-12(10-28)9-16(29)30/h5-6,10-12,14-15H,3-4,7-9H2,1-2H3,(H,25,32)(H,26,31)(H,29,30)/t12-,14?,15-/m0/s1. The van der Waals surface area contributed by atoms with E-state index in [1.165, 1.54) is 17.2 Å². The number of hydrogen-bond acceptors (Lipinski definition) is 6. The lowest BCUT2D eigenvalue weighted by Crippen LogP contribution is -2.55. The van der Waals surface area contributed by atoms with Crippen molar-refractivity contribution in [2.45, 2.75) is 57.7 Å². The Bertz CT molecular complexity index is 926. The summed E-state index contributed by atoms with van der Waals surface area (Å²) < 4.78 is 0. The molecule has 3 atom stereocenters. The van der Waals surface area contributed by atoms with Crippen LogP contribution in [0.2, 0.25) is 10.2 Å². The number of pyridine rings is 1. The van der Waals surface area contributed by atoms with E-state index in [2.05, 4.69) is 15.6 Å². The molecule has 180 valence electrons. The molecule has 1 aliphatic heterocycles. The fourth-order valence-electron chi connectivity index (χ4n) is 3.63. The molecule has 0 aliphatic carbocycles. The van der Waals surface area contributed by atoms with Crippen molar-refractivity contribution in [2.24, 2.45) is 5.92 Å². The maximum absolute atomic E-state index is 13.3. The third kappa shape index (κ3) is 7.13. The van der Waals surface area contributed by atoms with Crippen LogP contribution in [0.15, 0.2) is 12.3 Å². The minimum absolute atomic E-state index is 0.0378. The van der Waals surface area contributed by atoms with Crippen molar-refractivity contribution in [1.82, 2.24) is 20.5 Å². The van der Waals surface area contributed by atoms with E-state index < -0.39 is 48.2 Å². The zero-order valence-corrected chi connectivity index (χ0v) is 19.7. The van der Waals surface area contributed by atoms with E-state index in [9.17, 15) is 24.0 Å². The van der Waals surface area contributed by atoms with Gasteiger partial charge in [-0.25, -0.2) is 4.98 Å². The summed E-state index contributed by atoms with van der Waals surface area (Å²) >= 11 is 12.0. The van der Waals surface area contributed by atoms with E-state index in [-0.39, 0.29) is 28.2 Å². The normalized spacial score (nSPS) is 17.4. The average Bonchev–Trinajstić information content (AvgIpc) is 3.23. The maximum atomic E-state index is 13.3. The van der Waals surface area contributed by atoms with Crippen molar-refractivity contribution >= 4 is 53.2 Å². The van der Waals surface area contributed by atoms with Gasteiger partial charge in [0, 0.05) is 12.7 Å². The summed E-state index contributed by atoms with van der Waals surface area (Å²) in [5, 5.41) is 13.8. The fourth-order valence-corrected chi connectivity index (χ4v) is 3.98. The first kappa shape index (κ1) is 26.5. The molecule has 3 amide bonds. The summed E-state index contributed by atoms with van der Waals surface area (Å²) in [6.45, 7) is 4.06. The molecule has 1 unspecified atom stereocenters. The molecule has 12 heteroatoms. The van der Waals surface area contributed by atoms with E-state index >= 15 is 0 Å². The summed E-state index contributed by atoms with van der Waals surface area (Å²) in [7, 11) is 0. The minimum Gasteiger partial charge on any atom is -0.481 e. The molecule has 0 bridgehead atoms. The molecule has 0 saturated carbocycles. The number of nitrogens with zero attached hydrogens (tertiary/aromatic N) is 2. The van der Waals surface area contributed by atoms with Crippen LogP contribution in [0.4, 0.5) is 0 Å². The summed E-state index contributed by atoms with van der Waals surface area (Å²) in [4.78, 5) is 66.0. The van der Waals surface area contributed by atoms with Gasteiger partial charge in [0.15, 0.2) is 0 Å². The molecule has 1 fully saturated rings. The third-order valence-electron chi connectivity index (χ3n) is 5.13. The Morgan fingerprint density at radius 1 is 1.27 bits per heavy atom. The highest BCUT2D eigenvalue weighted by Gasteiger charge is 2.38. The lowest BCUT2D eigenvalue weighted by molar-refractivity contribution is -0.142. The largest absolute Gasteiger partial charge is 0.481 e. The second kappa shape index (κ2) is 11.9. The number of likely N-dealkylation sites (tertiary alicyclic amines) is 1. The Balaban J connectivity index is 2.18. The summed E-state index contributed by atoms with van der Waals surface area (Å²) in [6.07, 6.45) is 2.31. The molecule has 33 heavy (non-hydrogen) atoms. The van der Waals surface area contributed by atoms with Crippen LogP contribution >= 0.6 is 23.2 Å². The first-order valence-corrected chi connectivity index (χ1v) is 11.2. The van der Waals surface area contributed by atoms with Crippen LogP contribution in [0.25, 0.3) is 0 Å². The number of nitrogens with one attached hydrogen (secondary N) is 2. The van der Waals surface area contributed by atoms with Gasteiger partial charge in [-0.2, -0.15) is 0 Å². The van der Waals surface area contributed by atoms with Crippen molar-refractivity contribution in [3.63, 3.8) is 0 Å². The second-order valence-electron chi connectivity index (χ2n) is 8.16. The number of aliphatic carboxylic acids is 1. The van der Waals surface area contributed by atoms with Gasteiger partial charge in [0.05, 0.1) is 23.0 Å². The first-order valence-electron chi connectivity index (χ1n) is 10.4. The van der Waals surface area contributed by atoms with E-state index in [1.54, 1.807) is 0 Å². The fraction of sp³-hybridized carbons (Fsp3) is 0.524. The number of aldehydes is 1. The van der Waals surface area contributed by atoms with E-state index in [1.807, 2.05) is 13.8 Å². The lowest BCUT2D eigenvalue weighted by Gasteiger charge is -2.30. The van der Waals surface area contributed by atoms with E-state index in [0.29, 0.717) is 25.5 Å². The molecule has 0 aromatic carbocycles. The molecule has 1 aromatic rings. The molecule has 1 saturated heterocycles. The molecule has 0 radical (unpaired) electrons. The van der Waals surface area contributed by atoms with E-state index in [4.69, 9.17) is 28.3 Å². The van der Waals surface area contributed by atoms with Gasteiger partial charge in [0.25, 0.3) is 5.91 Å². The number of carbonyl (C=O) groups is 5. The van der Waals surface area contributed by atoms with Gasteiger partial charge in [0.1, 0.15) is 23.5 Å². The summed E-state index contributed by atoms with van der Waals surface area (Å²) in [5.74, 6) is -2.86. The predicted octanol–water partition coefficient (Wildman–Crippen LogP) is 1.68. The summed E-state index contributed by atoms with van der Waals surface area (Å²) in [6, 6.07) is -1.62. The smallest absolute Gasteiger partial charge is 0.305 e. The van der Waals surface area contributed by atoms with Gasteiger partial charge in [-0.1, -0.05) is 37.0 Å². The lowest BCUT2D eigenvalue weighted by atomic mass is 10.0. The van der Waals surface area contributed by atoms with Gasteiger partial charge < -0.3 is 25.4 Å². The SMILES string of the molecule is CC(C)CC(NC(=O)c1ccnc(Cl)c1Cl)C(=O)N1CCC[C@H]1C(=O)N[C@H](C=O)CC(=O)O. The maximum Gasteiger partial charge on any atom is 0.305 e. The molecule has 2 rings (SSSR count). The Kier molecular flexibility index (Phi) is 9.60. The molecule has 2 heterocycles. The highest BCUT2D eigenvalue weighted by atomic mass is 35.5. The number of hydrogen-bond donors (Lipinski definition) is 3. The number of carboxylic acid groups (broad SMARTS) is 1. The molecular formula is C21H26Cl2N4O6. The molecule has 1 aliphatic rings. The van der Waals surface area contributed by atoms with Crippen LogP contribution in [-0.4, -0.2) is 69.6 Å². The third-order valence-corrected chi connectivity index (χ3v) is 5.89. The van der Waals surface area contributed by atoms with Gasteiger partial charge in [-0.15, -0.1) is 0 Å². The van der Waals surface area contributed by atoms with Crippen LogP contribution in [0.1, 0.15) is 49.9 Å². The zero-order chi connectivity index (χ0) is 24.7. The van der Waals surface area contributed by atoms with Crippen molar-refractivity contribution in [1.29, 1.82) is 0 Å². The van der Waals surface area contributed by atoms with Crippen LogP contribution in [0.5, 0.6) is 0 Å². The topological polar surface area (TPSA) is 146 Å². The average molecular weight is 501 g/mol. The van der Waals surface area contributed by atoms with Gasteiger partial charge in [-0.3, -0.25) is 19.2 Å². The minimum atomic E-state index is -1.23. The highest BCUT2D eigenvalue weighted by molar-refractivity contribution is 6.43. The van der Waals surface area contributed by atoms with Crippen LogP contribution in [0, 0.1) is 5.92 Å². The Labute approximate surface area is 201 Å². The monoisotopic (exact) mass is 500 g/mol. The molecule has 10 nitrogen and oxygen atoms in total. The quantitative estimate of drug-likeness (QED) is 0.327. The highest BCUT2D eigenvalue weighted by Crippen LogP contribution is 2.24. The van der Waals surface area contributed by atoms with Crippen molar-refractivity contribution < 1.29 is 29.1 Å². The van der Waals surface area contributed by atoms with E-state index in [0.717, 1.165) is 0 Å². The van der Waals surface area contributed by atoms with Crippen molar-refractivity contribution in [3.05, 3.63) is 28.0 Å². The van der Waals surface area contributed by atoms with Crippen LogP contribution in [-0.2, 0) is 19.2 Å². The van der Waals surface area contributed by atoms with Gasteiger partial charge in [-0.05, 0) is 31.2 Å². The van der Waals surface area contributed by atoms with Gasteiger partial charge in [0.2, 0.25) is 11.8 Å². The van der Waals surface area contributed by atoms with Gasteiger partial charge >= 0.3 is 5.97 Å². The second-order valence-corrected chi connectivity index (χ2v) is 8.89. The number of halogens is 2. The Morgan fingerprint density at radius 3 is 2.58 bits per heavy atom. The molecule has 1 aromatic heterocycles. The zero-order valence-electron chi connectivity index (χ0n) is 18.2. The number of carbonyl (C=O) groups excluding carboxylic acids is 4. The molecular weight excluding hydrogens is 475 g/mol. The van der Waals surface area contributed by atoms with Crippen molar-refractivity contribution in [2.75, 3.05) is 6.54 Å². The van der Waals surface area contributed by atoms with Crippen LogP contribution < -0.4 is 10.6 Å². The number of rotatable bonds is 10.